The highest BCUT2D eigenvalue weighted by molar-refractivity contribution is 6.33. The van der Waals surface area contributed by atoms with Crippen molar-refractivity contribution in [2.24, 2.45) is 0 Å². The van der Waals surface area contributed by atoms with Crippen LogP contribution in [0.15, 0.2) is 36.5 Å². The van der Waals surface area contributed by atoms with Crippen LogP contribution in [0.25, 0.3) is 0 Å². The van der Waals surface area contributed by atoms with Crippen molar-refractivity contribution in [2.75, 3.05) is 11.1 Å². The van der Waals surface area contributed by atoms with E-state index < -0.39 is 0 Å². The molecule has 0 fully saturated rings. The summed E-state index contributed by atoms with van der Waals surface area (Å²) in [5.41, 5.74) is 7.92. The van der Waals surface area contributed by atoms with Gasteiger partial charge in [-0.2, -0.15) is 5.26 Å². The van der Waals surface area contributed by atoms with E-state index in [0.29, 0.717) is 22.9 Å². The molecule has 0 atom stereocenters. The zero-order valence-corrected chi connectivity index (χ0v) is 10.3. The smallest absolute Gasteiger partial charge is 0.149 e. The quantitative estimate of drug-likeness (QED) is 0.887. The highest BCUT2D eigenvalue weighted by Crippen LogP contribution is 2.24. The molecular weight excluding hydrogens is 248 g/mol. The fourth-order valence-corrected chi connectivity index (χ4v) is 1.70. The van der Waals surface area contributed by atoms with E-state index in [0.717, 1.165) is 11.3 Å². The molecule has 5 heteroatoms. The maximum atomic E-state index is 8.58. The molecule has 1 aromatic heterocycles. The summed E-state index contributed by atoms with van der Waals surface area (Å²) in [6.07, 6.45) is 1.94. The average Bonchev–Trinajstić information content (AvgIpc) is 2.35. The molecule has 0 unspecified atom stereocenters. The van der Waals surface area contributed by atoms with Crippen LogP contribution in [-0.2, 0) is 6.42 Å². The standard InChI is InChI=1S/C13H11ClN4/c14-12-7-10(16)8-17-13(12)18-11-3-1-9(2-4-11)5-6-15/h1-4,7-8H,5,16H2,(H,17,18). The van der Waals surface area contributed by atoms with Crippen molar-refractivity contribution >= 4 is 28.8 Å². The number of hydrogen-bond donors (Lipinski definition) is 2. The van der Waals surface area contributed by atoms with E-state index >= 15 is 0 Å². The maximum absolute atomic E-state index is 8.58. The first kappa shape index (κ1) is 12.2. The molecule has 2 rings (SSSR count). The molecule has 0 bridgehead atoms. The first-order valence-electron chi connectivity index (χ1n) is 5.33. The van der Waals surface area contributed by atoms with Gasteiger partial charge in [-0.05, 0) is 23.8 Å². The van der Waals surface area contributed by atoms with Crippen LogP contribution in [0.4, 0.5) is 17.2 Å². The fraction of sp³-hybridized carbons (Fsp3) is 0.0769. The van der Waals surface area contributed by atoms with Gasteiger partial charge in [0.05, 0.1) is 29.4 Å². The van der Waals surface area contributed by atoms with Crippen molar-refractivity contribution in [3.63, 3.8) is 0 Å². The number of nitrogens with one attached hydrogen (secondary N) is 1. The lowest BCUT2D eigenvalue weighted by atomic mass is 10.1. The van der Waals surface area contributed by atoms with Crippen molar-refractivity contribution in [3.8, 4) is 6.07 Å². The minimum atomic E-state index is 0.404. The van der Waals surface area contributed by atoms with Gasteiger partial charge in [-0.3, -0.25) is 0 Å². The number of rotatable bonds is 3. The van der Waals surface area contributed by atoms with Crippen LogP contribution in [0.3, 0.4) is 0 Å². The van der Waals surface area contributed by atoms with Gasteiger partial charge in [0, 0.05) is 5.69 Å². The molecule has 0 aliphatic rings. The third-order valence-electron chi connectivity index (χ3n) is 2.36. The van der Waals surface area contributed by atoms with Crippen LogP contribution >= 0.6 is 11.6 Å². The van der Waals surface area contributed by atoms with Gasteiger partial charge >= 0.3 is 0 Å². The monoisotopic (exact) mass is 258 g/mol. The van der Waals surface area contributed by atoms with E-state index in [-0.39, 0.29) is 0 Å². The molecule has 0 aliphatic carbocycles. The molecule has 1 heterocycles. The van der Waals surface area contributed by atoms with Gasteiger partial charge in [-0.15, -0.1) is 0 Å². The molecule has 0 aliphatic heterocycles. The Kier molecular flexibility index (Phi) is 3.66. The lowest BCUT2D eigenvalue weighted by molar-refractivity contribution is 1.26. The van der Waals surface area contributed by atoms with E-state index in [1.165, 1.54) is 6.20 Å². The summed E-state index contributed by atoms with van der Waals surface area (Å²) in [7, 11) is 0. The maximum Gasteiger partial charge on any atom is 0.149 e. The number of nitriles is 1. The van der Waals surface area contributed by atoms with Gasteiger partial charge in [-0.1, -0.05) is 23.7 Å². The summed E-state index contributed by atoms with van der Waals surface area (Å²) in [4.78, 5) is 4.11. The topological polar surface area (TPSA) is 74.7 Å². The SMILES string of the molecule is N#CCc1ccc(Nc2ncc(N)cc2Cl)cc1. The number of anilines is 3. The Bertz CT molecular complexity index is 587. The second kappa shape index (κ2) is 5.39. The normalized spacial score (nSPS) is 9.78. The molecule has 3 N–H and O–H groups in total. The number of halogens is 1. The Balaban J connectivity index is 2.16. The van der Waals surface area contributed by atoms with Crippen LogP contribution in [-0.4, -0.2) is 4.98 Å². The van der Waals surface area contributed by atoms with E-state index in [9.17, 15) is 0 Å². The van der Waals surface area contributed by atoms with E-state index in [2.05, 4.69) is 16.4 Å². The first-order chi connectivity index (χ1) is 8.69. The molecule has 0 spiro atoms. The molecule has 18 heavy (non-hydrogen) atoms. The minimum Gasteiger partial charge on any atom is -0.397 e. The van der Waals surface area contributed by atoms with Gasteiger partial charge < -0.3 is 11.1 Å². The Hall–Kier alpha value is -2.25. The van der Waals surface area contributed by atoms with Crippen molar-refractivity contribution < 1.29 is 0 Å². The number of pyridine rings is 1. The highest BCUT2D eigenvalue weighted by atomic mass is 35.5. The highest BCUT2D eigenvalue weighted by Gasteiger charge is 2.02. The summed E-state index contributed by atoms with van der Waals surface area (Å²) in [6.45, 7) is 0. The number of aromatic nitrogens is 1. The molecule has 0 saturated heterocycles. The third kappa shape index (κ3) is 2.90. The Labute approximate surface area is 110 Å². The van der Waals surface area contributed by atoms with Crippen molar-refractivity contribution in [2.45, 2.75) is 6.42 Å². The minimum absolute atomic E-state index is 0.404. The average molecular weight is 259 g/mol. The summed E-state index contributed by atoms with van der Waals surface area (Å²) >= 11 is 6.01. The lowest BCUT2D eigenvalue weighted by Crippen LogP contribution is -1.96. The molecule has 0 saturated carbocycles. The number of nitrogen functional groups attached to an aromatic ring is 1. The Morgan fingerprint density at radius 1 is 1.33 bits per heavy atom. The van der Waals surface area contributed by atoms with Gasteiger partial charge in [0.15, 0.2) is 0 Å². The molecule has 2 aromatic rings. The number of hydrogen-bond acceptors (Lipinski definition) is 4. The lowest BCUT2D eigenvalue weighted by Gasteiger charge is -2.08. The van der Waals surface area contributed by atoms with Gasteiger partial charge in [0.2, 0.25) is 0 Å². The number of nitrogens with zero attached hydrogens (tertiary/aromatic N) is 2. The van der Waals surface area contributed by atoms with E-state index in [1.807, 2.05) is 24.3 Å². The van der Waals surface area contributed by atoms with Gasteiger partial charge in [-0.25, -0.2) is 4.98 Å². The summed E-state index contributed by atoms with van der Waals surface area (Å²) in [5, 5.41) is 12.1. The second-order valence-corrected chi connectivity index (χ2v) is 4.16. The van der Waals surface area contributed by atoms with E-state index in [4.69, 9.17) is 22.6 Å². The molecule has 1 aromatic carbocycles. The summed E-state index contributed by atoms with van der Waals surface area (Å²) < 4.78 is 0. The third-order valence-corrected chi connectivity index (χ3v) is 2.65. The Morgan fingerprint density at radius 3 is 2.67 bits per heavy atom. The van der Waals surface area contributed by atoms with Crippen molar-refractivity contribution in [1.29, 1.82) is 5.26 Å². The molecule has 90 valence electrons. The molecule has 4 nitrogen and oxygen atoms in total. The van der Waals surface area contributed by atoms with Crippen LogP contribution in [0, 0.1) is 11.3 Å². The fourth-order valence-electron chi connectivity index (χ4n) is 1.48. The van der Waals surface area contributed by atoms with Crippen molar-refractivity contribution in [1.82, 2.24) is 4.98 Å². The Morgan fingerprint density at radius 2 is 2.06 bits per heavy atom. The first-order valence-corrected chi connectivity index (χ1v) is 5.71. The van der Waals surface area contributed by atoms with E-state index in [1.54, 1.807) is 6.07 Å². The van der Waals surface area contributed by atoms with Crippen LogP contribution in [0.2, 0.25) is 5.02 Å². The zero-order valence-electron chi connectivity index (χ0n) is 9.52. The van der Waals surface area contributed by atoms with Crippen LogP contribution < -0.4 is 11.1 Å². The largest absolute Gasteiger partial charge is 0.397 e. The number of nitrogens with two attached hydrogens (primary N) is 1. The van der Waals surface area contributed by atoms with Gasteiger partial charge in [0.1, 0.15) is 5.82 Å². The zero-order chi connectivity index (χ0) is 13.0. The van der Waals surface area contributed by atoms with Gasteiger partial charge in [0.25, 0.3) is 0 Å². The summed E-state index contributed by atoms with van der Waals surface area (Å²) in [5.74, 6) is 0.555. The predicted octanol–water partition coefficient (Wildman–Crippen LogP) is 3.13. The van der Waals surface area contributed by atoms with Crippen molar-refractivity contribution in [3.05, 3.63) is 47.1 Å². The van der Waals surface area contributed by atoms with Crippen LogP contribution in [0.1, 0.15) is 5.56 Å². The molecular formula is C13H11ClN4. The predicted molar refractivity (Wildman–Crippen MR) is 72.7 cm³/mol. The summed E-state index contributed by atoms with van der Waals surface area (Å²) in [6, 6.07) is 11.3. The molecule has 0 amide bonds. The number of benzene rings is 1. The van der Waals surface area contributed by atoms with Crippen LogP contribution in [0.5, 0.6) is 0 Å². The second-order valence-electron chi connectivity index (χ2n) is 3.76. The molecule has 0 radical (unpaired) electrons.